The lowest BCUT2D eigenvalue weighted by Gasteiger charge is -2.07. The standard InChI is InChI=1S/C23H27N3O/c1-2-3-8-20-12-14-22(15-13-20)26-23(27)21(17-24)18-25-16-7-11-19-9-5-4-6-10-19/h4-6,9-10,12-15,18,25H,2-3,7-8,11,16H2,1H3,(H,26,27)/b21-18-. The monoisotopic (exact) mass is 361 g/mol. The number of nitriles is 1. The highest BCUT2D eigenvalue weighted by Gasteiger charge is 2.09. The van der Waals surface area contributed by atoms with Crippen LogP contribution in [0.3, 0.4) is 0 Å². The molecule has 0 saturated carbocycles. The van der Waals surface area contributed by atoms with E-state index >= 15 is 0 Å². The molecule has 0 bridgehead atoms. The summed E-state index contributed by atoms with van der Waals surface area (Å²) in [6, 6.07) is 20.0. The molecule has 0 fully saturated rings. The molecule has 4 heteroatoms. The van der Waals surface area contributed by atoms with Gasteiger partial charge >= 0.3 is 0 Å². The van der Waals surface area contributed by atoms with Crippen molar-refractivity contribution >= 4 is 11.6 Å². The summed E-state index contributed by atoms with van der Waals surface area (Å²) in [6.07, 6.45) is 6.74. The summed E-state index contributed by atoms with van der Waals surface area (Å²) in [5.41, 5.74) is 3.31. The van der Waals surface area contributed by atoms with Crippen molar-refractivity contribution in [1.82, 2.24) is 5.32 Å². The Hall–Kier alpha value is -3.06. The molecule has 0 aromatic heterocycles. The van der Waals surface area contributed by atoms with Gasteiger partial charge in [-0.25, -0.2) is 0 Å². The molecule has 2 aromatic rings. The molecule has 2 aromatic carbocycles. The highest BCUT2D eigenvalue weighted by molar-refractivity contribution is 6.06. The third kappa shape index (κ3) is 7.37. The Morgan fingerprint density at radius 1 is 1.00 bits per heavy atom. The Kier molecular flexibility index (Phi) is 8.65. The van der Waals surface area contributed by atoms with Crippen LogP contribution in [0.2, 0.25) is 0 Å². The molecule has 0 heterocycles. The third-order valence-electron chi connectivity index (χ3n) is 4.27. The van der Waals surface area contributed by atoms with Gasteiger partial charge in [0.2, 0.25) is 0 Å². The summed E-state index contributed by atoms with van der Waals surface area (Å²) in [7, 11) is 0. The van der Waals surface area contributed by atoms with Crippen molar-refractivity contribution < 1.29 is 4.79 Å². The van der Waals surface area contributed by atoms with Gasteiger partial charge in [-0.1, -0.05) is 55.8 Å². The molecule has 0 unspecified atom stereocenters. The molecule has 0 aliphatic heterocycles. The summed E-state index contributed by atoms with van der Waals surface area (Å²) in [5.74, 6) is -0.394. The van der Waals surface area contributed by atoms with E-state index in [-0.39, 0.29) is 5.57 Å². The predicted octanol–water partition coefficient (Wildman–Crippen LogP) is 4.60. The molecule has 27 heavy (non-hydrogen) atoms. The molecule has 0 radical (unpaired) electrons. The average Bonchev–Trinajstić information content (AvgIpc) is 2.71. The first-order chi connectivity index (χ1) is 13.2. The molecule has 4 nitrogen and oxygen atoms in total. The van der Waals surface area contributed by atoms with Crippen LogP contribution in [-0.2, 0) is 17.6 Å². The molecule has 0 saturated heterocycles. The van der Waals surface area contributed by atoms with Crippen molar-refractivity contribution in [2.45, 2.75) is 39.0 Å². The van der Waals surface area contributed by atoms with Crippen LogP contribution in [0.15, 0.2) is 66.4 Å². The lowest BCUT2D eigenvalue weighted by atomic mass is 10.1. The number of carbonyl (C=O) groups excluding carboxylic acids is 1. The minimum atomic E-state index is -0.394. The average molecular weight is 361 g/mol. The summed E-state index contributed by atoms with van der Waals surface area (Å²) in [4.78, 5) is 12.2. The second-order valence-electron chi connectivity index (χ2n) is 6.47. The number of rotatable bonds is 10. The molecule has 2 N–H and O–H groups in total. The summed E-state index contributed by atoms with van der Waals surface area (Å²) < 4.78 is 0. The van der Waals surface area contributed by atoms with Crippen LogP contribution >= 0.6 is 0 Å². The van der Waals surface area contributed by atoms with Crippen molar-refractivity contribution in [3.05, 3.63) is 77.5 Å². The van der Waals surface area contributed by atoms with E-state index in [0.29, 0.717) is 12.2 Å². The van der Waals surface area contributed by atoms with Gasteiger partial charge in [0.15, 0.2) is 0 Å². The molecule has 0 aliphatic rings. The SMILES string of the molecule is CCCCc1ccc(NC(=O)/C(C#N)=C\NCCCc2ccccc2)cc1. The Bertz CT molecular complexity index is 774. The van der Waals surface area contributed by atoms with E-state index in [4.69, 9.17) is 0 Å². The number of anilines is 1. The molecule has 0 atom stereocenters. The van der Waals surface area contributed by atoms with Gasteiger partial charge in [0.1, 0.15) is 11.6 Å². The minimum Gasteiger partial charge on any atom is -0.390 e. The van der Waals surface area contributed by atoms with Gasteiger partial charge in [0, 0.05) is 18.4 Å². The highest BCUT2D eigenvalue weighted by Crippen LogP contribution is 2.12. The summed E-state index contributed by atoms with van der Waals surface area (Å²) in [5, 5.41) is 15.1. The topological polar surface area (TPSA) is 64.9 Å². The Morgan fingerprint density at radius 3 is 2.33 bits per heavy atom. The Balaban J connectivity index is 1.78. The molecule has 0 aliphatic carbocycles. The van der Waals surface area contributed by atoms with Gasteiger partial charge in [0.25, 0.3) is 5.91 Å². The van der Waals surface area contributed by atoms with Crippen molar-refractivity contribution in [3.8, 4) is 6.07 Å². The molecular formula is C23H27N3O. The van der Waals surface area contributed by atoms with Crippen molar-refractivity contribution in [2.75, 3.05) is 11.9 Å². The van der Waals surface area contributed by atoms with E-state index in [9.17, 15) is 10.1 Å². The van der Waals surface area contributed by atoms with E-state index in [1.165, 1.54) is 17.3 Å². The van der Waals surface area contributed by atoms with Gasteiger partial charge < -0.3 is 10.6 Å². The quantitative estimate of drug-likeness (QED) is 0.369. The zero-order chi connectivity index (χ0) is 19.3. The fourth-order valence-corrected chi connectivity index (χ4v) is 2.70. The van der Waals surface area contributed by atoms with E-state index in [0.717, 1.165) is 32.1 Å². The fraction of sp³-hybridized carbons (Fsp3) is 0.304. The molecular weight excluding hydrogens is 334 g/mol. The number of aryl methyl sites for hydroxylation is 2. The second kappa shape index (κ2) is 11.5. The van der Waals surface area contributed by atoms with Crippen LogP contribution in [0, 0.1) is 11.3 Å². The Morgan fingerprint density at radius 2 is 1.67 bits per heavy atom. The van der Waals surface area contributed by atoms with E-state index < -0.39 is 5.91 Å². The summed E-state index contributed by atoms with van der Waals surface area (Å²) >= 11 is 0. The number of hydrogen-bond donors (Lipinski definition) is 2. The van der Waals surface area contributed by atoms with E-state index in [1.54, 1.807) is 0 Å². The van der Waals surface area contributed by atoms with Gasteiger partial charge in [-0.3, -0.25) is 4.79 Å². The van der Waals surface area contributed by atoms with Crippen LogP contribution < -0.4 is 10.6 Å². The maximum atomic E-state index is 12.2. The molecule has 140 valence electrons. The zero-order valence-corrected chi connectivity index (χ0v) is 15.9. The number of benzene rings is 2. The van der Waals surface area contributed by atoms with Crippen LogP contribution in [0.4, 0.5) is 5.69 Å². The van der Waals surface area contributed by atoms with E-state index in [1.807, 2.05) is 48.5 Å². The second-order valence-corrected chi connectivity index (χ2v) is 6.47. The van der Waals surface area contributed by atoms with Gasteiger partial charge in [-0.2, -0.15) is 5.26 Å². The zero-order valence-electron chi connectivity index (χ0n) is 15.9. The predicted molar refractivity (Wildman–Crippen MR) is 110 cm³/mol. The normalized spacial score (nSPS) is 10.9. The number of hydrogen-bond acceptors (Lipinski definition) is 3. The number of carbonyl (C=O) groups is 1. The first kappa shape index (κ1) is 20.3. The van der Waals surface area contributed by atoms with Gasteiger partial charge in [-0.05, 0) is 48.9 Å². The van der Waals surface area contributed by atoms with Gasteiger partial charge in [0.05, 0.1) is 0 Å². The smallest absolute Gasteiger partial charge is 0.267 e. The number of nitrogens with one attached hydrogen (secondary N) is 2. The van der Waals surface area contributed by atoms with E-state index in [2.05, 4.69) is 29.7 Å². The van der Waals surface area contributed by atoms with Crippen molar-refractivity contribution in [1.29, 1.82) is 5.26 Å². The maximum Gasteiger partial charge on any atom is 0.267 e. The number of nitrogens with zero attached hydrogens (tertiary/aromatic N) is 1. The van der Waals surface area contributed by atoms with Crippen LogP contribution in [-0.4, -0.2) is 12.5 Å². The lowest BCUT2D eigenvalue weighted by molar-refractivity contribution is -0.112. The van der Waals surface area contributed by atoms with Crippen LogP contribution in [0.5, 0.6) is 0 Å². The molecule has 1 amide bonds. The van der Waals surface area contributed by atoms with Crippen LogP contribution in [0.25, 0.3) is 0 Å². The molecule has 2 rings (SSSR count). The maximum absolute atomic E-state index is 12.2. The van der Waals surface area contributed by atoms with Crippen molar-refractivity contribution in [3.63, 3.8) is 0 Å². The minimum absolute atomic E-state index is 0.0739. The first-order valence-corrected chi connectivity index (χ1v) is 9.50. The fourth-order valence-electron chi connectivity index (χ4n) is 2.70. The number of amides is 1. The van der Waals surface area contributed by atoms with Crippen LogP contribution in [0.1, 0.15) is 37.3 Å². The highest BCUT2D eigenvalue weighted by atomic mass is 16.1. The molecule has 0 spiro atoms. The first-order valence-electron chi connectivity index (χ1n) is 9.50. The van der Waals surface area contributed by atoms with Gasteiger partial charge in [-0.15, -0.1) is 0 Å². The third-order valence-corrected chi connectivity index (χ3v) is 4.27. The summed E-state index contributed by atoms with van der Waals surface area (Å²) in [6.45, 7) is 2.87. The lowest BCUT2D eigenvalue weighted by Crippen LogP contribution is -2.17. The Labute approximate surface area is 161 Å². The largest absolute Gasteiger partial charge is 0.390 e. The number of unbranched alkanes of at least 4 members (excludes halogenated alkanes) is 1. The van der Waals surface area contributed by atoms with Crippen molar-refractivity contribution in [2.24, 2.45) is 0 Å².